The Morgan fingerprint density at radius 1 is 1.00 bits per heavy atom. The van der Waals surface area contributed by atoms with Crippen molar-refractivity contribution in [2.45, 2.75) is 32.1 Å². The van der Waals surface area contributed by atoms with E-state index in [4.69, 9.17) is 5.73 Å². The van der Waals surface area contributed by atoms with Crippen LogP contribution in [-0.2, 0) is 9.59 Å². The summed E-state index contributed by atoms with van der Waals surface area (Å²) in [6.45, 7) is 0. The molecule has 0 fully saturated rings. The van der Waals surface area contributed by atoms with Gasteiger partial charge in [-0.2, -0.15) is 0 Å². The van der Waals surface area contributed by atoms with Gasteiger partial charge in [0, 0.05) is 18.5 Å². The number of amides is 2. The van der Waals surface area contributed by atoms with E-state index in [1.807, 2.05) is 30.3 Å². The van der Waals surface area contributed by atoms with Crippen molar-refractivity contribution in [3.8, 4) is 0 Å². The van der Waals surface area contributed by atoms with E-state index in [9.17, 15) is 9.59 Å². The normalized spacial score (nSPS) is 9.80. The Labute approximate surface area is 123 Å². The lowest BCUT2D eigenvalue weighted by Gasteiger charge is -2.05. The lowest BCUT2D eigenvalue weighted by atomic mass is 10.1. The fourth-order valence-electron chi connectivity index (χ4n) is 1.69. The predicted octanol–water partition coefficient (Wildman–Crippen LogP) is 1.94. The minimum absolute atomic E-state index is 0.00256. The Morgan fingerprint density at radius 2 is 1.60 bits per heavy atom. The van der Waals surface area contributed by atoms with Crippen molar-refractivity contribution in [2.24, 2.45) is 5.73 Å². The molecule has 0 bridgehead atoms. The number of unbranched alkanes of at least 4 members (excludes halogenated alkanes) is 2. The minimum atomic E-state index is -0.175. The highest BCUT2D eigenvalue weighted by molar-refractivity contribution is 7.80. The maximum absolute atomic E-state index is 11.6. The molecule has 0 atom stereocenters. The second kappa shape index (κ2) is 9.03. The summed E-state index contributed by atoms with van der Waals surface area (Å²) in [4.78, 5) is 22.9. The van der Waals surface area contributed by atoms with Crippen LogP contribution in [0.3, 0.4) is 0 Å². The fraction of sp³-hybridized carbons (Fsp3) is 0.357. The third-order valence-electron chi connectivity index (χ3n) is 2.63. The number of hydrogen-bond donors (Lipinski definition) is 3. The highest BCUT2D eigenvalue weighted by Crippen LogP contribution is 2.08. The average molecular weight is 293 g/mol. The van der Waals surface area contributed by atoms with Crippen LogP contribution < -0.4 is 16.4 Å². The molecule has 0 saturated carbocycles. The number of hydrogen-bond acceptors (Lipinski definition) is 3. The van der Waals surface area contributed by atoms with Crippen LogP contribution in [0.1, 0.15) is 32.1 Å². The Kier molecular flexibility index (Phi) is 7.27. The number of carbonyl (C=O) groups excluding carboxylic acids is 2. The van der Waals surface area contributed by atoms with Crippen LogP contribution in [0, 0.1) is 0 Å². The number of carbonyl (C=O) groups is 2. The number of thiocarbonyl (C=S) groups is 1. The summed E-state index contributed by atoms with van der Waals surface area (Å²) in [5.41, 5.74) is 5.98. The Balaban J connectivity index is 2.08. The molecule has 1 aromatic carbocycles. The number of anilines is 1. The zero-order valence-corrected chi connectivity index (χ0v) is 12.0. The van der Waals surface area contributed by atoms with Gasteiger partial charge >= 0.3 is 0 Å². The summed E-state index contributed by atoms with van der Waals surface area (Å²) < 4.78 is 0. The maximum atomic E-state index is 11.6. The summed E-state index contributed by atoms with van der Waals surface area (Å²) in [5, 5.41) is 5.18. The van der Waals surface area contributed by atoms with E-state index in [2.05, 4.69) is 22.9 Å². The van der Waals surface area contributed by atoms with Gasteiger partial charge in [-0.05, 0) is 37.2 Å². The SMILES string of the molecule is NC(=S)NC(=O)CCCCCC(=O)Nc1ccccc1. The average Bonchev–Trinajstić information content (AvgIpc) is 2.38. The van der Waals surface area contributed by atoms with Gasteiger partial charge in [0.15, 0.2) is 5.11 Å². The highest BCUT2D eigenvalue weighted by Gasteiger charge is 2.04. The van der Waals surface area contributed by atoms with E-state index >= 15 is 0 Å². The van der Waals surface area contributed by atoms with Crippen LogP contribution >= 0.6 is 12.2 Å². The van der Waals surface area contributed by atoms with E-state index in [1.54, 1.807) is 0 Å². The molecule has 2 amide bonds. The van der Waals surface area contributed by atoms with E-state index < -0.39 is 0 Å². The third-order valence-corrected chi connectivity index (χ3v) is 2.73. The second-order valence-electron chi connectivity index (χ2n) is 4.39. The third kappa shape index (κ3) is 7.48. The minimum Gasteiger partial charge on any atom is -0.376 e. The van der Waals surface area contributed by atoms with Gasteiger partial charge in [0.25, 0.3) is 0 Å². The van der Waals surface area contributed by atoms with Gasteiger partial charge < -0.3 is 16.4 Å². The molecule has 0 saturated heterocycles. The second-order valence-corrected chi connectivity index (χ2v) is 4.83. The zero-order valence-electron chi connectivity index (χ0n) is 11.2. The first kappa shape index (κ1) is 16.1. The molecule has 5 nitrogen and oxygen atoms in total. The number of para-hydroxylation sites is 1. The van der Waals surface area contributed by atoms with E-state index in [-0.39, 0.29) is 16.9 Å². The summed E-state index contributed by atoms with van der Waals surface area (Å²) in [5.74, 6) is -0.185. The van der Waals surface area contributed by atoms with Gasteiger partial charge in [0.2, 0.25) is 11.8 Å². The first-order chi connectivity index (χ1) is 9.58. The Morgan fingerprint density at radius 3 is 2.20 bits per heavy atom. The molecule has 1 rings (SSSR count). The summed E-state index contributed by atoms with van der Waals surface area (Å²) >= 11 is 4.56. The smallest absolute Gasteiger partial charge is 0.226 e. The van der Waals surface area contributed by atoms with E-state index in [1.165, 1.54) is 0 Å². The topological polar surface area (TPSA) is 84.2 Å². The van der Waals surface area contributed by atoms with Crippen molar-refractivity contribution in [2.75, 3.05) is 5.32 Å². The van der Waals surface area contributed by atoms with Crippen LogP contribution in [0.15, 0.2) is 30.3 Å². The van der Waals surface area contributed by atoms with Gasteiger partial charge in [-0.3, -0.25) is 9.59 Å². The number of rotatable bonds is 7. The van der Waals surface area contributed by atoms with Crippen LogP contribution in [0.25, 0.3) is 0 Å². The highest BCUT2D eigenvalue weighted by atomic mass is 32.1. The fourth-order valence-corrected chi connectivity index (χ4v) is 1.81. The molecule has 0 unspecified atom stereocenters. The summed E-state index contributed by atoms with van der Waals surface area (Å²) in [6.07, 6.45) is 3.10. The monoisotopic (exact) mass is 293 g/mol. The van der Waals surface area contributed by atoms with Crippen LogP contribution in [0.4, 0.5) is 5.69 Å². The van der Waals surface area contributed by atoms with Crippen molar-refractivity contribution in [3.63, 3.8) is 0 Å². The number of benzene rings is 1. The first-order valence-corrected chi connectivity index (χ1v) is 6.93. The molecule has 20 heavy (non-hydrogen) atoms. The van der Waals surface area contributed by atoms with Gasteiger partial charge in [-0.1, -0.05) is 24.6 Å². The van der Waals surface area contributed by atoms with E-state index in [0.29, 0.717) is 19.3 Å². The lowest BCUT2D eigenvalue weighted by Crippen LogP contribution is -2.34. The van der Waals surface area contributed by atoms with Gasteiger partial charge in [-0.15, -0.1) is 0 Å². The molecule has 0 aliphatic carbocycles. The molecule has 4 N–H and O–H groups in total. The molecule has 0 aromatic heterocycles. The van der Waals surface area contributed by atoms with Crippen LogP contribution in [0.5, 0.6) is 0 Å². The van der Waals surface area contributed by atoms with Gasteiger partial charge in [-0.25, -0.2) is 0 Å². The van der Waals surface area contributed by atoms with Gasteiger partial charge in [0.05, 0.1) is 0 Å². The Hall–Kier alpha value is -1.95. The maximum Gasteiger partial charge on any atom is 0.226 e. The van der Waals surface area contributed by atoms with Gasteiger partial charge in [0.1, 0.15) is 0 Å². The van der Waals surface area contributed by atoms with Crippen molar-refractivity contribution < 1.29 is 9.59 Å². The quantitative estimate of drug-likeness (QED) is 0.530. The predicted molar refractivity (Wildman–Crippen MR) is 83.1 cm³/mol. The Bertz CT molecular complexity index is 463. The number of nitrogens with one attached hydrogen (secondary N) is 2. The standard InChI is InChI=1S/C14H19N3O2S/c15-14(20)17-13(19)10-6-2-5-9-12(18)16-11-7-3-1-4-8-11/h1,3-4,7-8H,2,5-6,9-10H2,(H,16,18)(H3,15,17,19,20). The molecular formula is C14H19N3O2S. The number of nitrogens with two attached hydrogens (primary N) is 1. The van der Waals surface area contributed by atoms with Crippen molar-refractivity contribution in [1.29, 1.82) is 0 Å². The molecule has 6 heteroatoms. The molecule has 0 radical (unpaired) electrons. The van der Waals surface area contributed by atoms with E-state index in [0.717, 1.165) is 18.5 Å². The molecular weight excluding hydrogens is 274 g/mol. The van der Waals surface area contributed by atoms with Crippen LogP contribution in [0.2, 0.25) is 0 Å². The lowest BCUT2D eigenvalue weighted by molar-refractivity contribution is -0.119. The molecule has 0 aliphatic rings. The zero-order chi connectivity index (χ0) is 14.8. The molecule has 0 heterocycles. The summed E-state index contributed by atoms with van der Waals surface area (Å²) in [6, 6.07) is 9.33. The molecule has 1 aromatic rings. The molecule has 0 aliphatic heterocycles. The first-order valence-electron chi connectivity index (χ1n) is 6.52. The summed E-state index contributed by atoms with van der Waals surface area (Å²) in [7, 11) is 0. The van der Waals surface area contributed by atoms with Crippen molar-refractivity contribution in [3.05, 3.63) is 30.3 Å². The molecule has 108 valence electrons. The van der Waals surface area contributed by atoms with Crippen molar-refractivity contribution in [1.82, 2.24) is 5.32 Å². The van der Waals surface area contributed by atoms with Crippen LogP contribution in [-0.4, -0.2) is 16.9 Å². The molecule has 0 spiro atoms. The largest absolute Gasteiger partial charge is 0.376 e. The van der Waals surface area contributed by atoms with Crippen molar-refractivity contribution >= 4 is 34.8 Å².